The quantitative estimate of drug-likeness (QED) is 0.747. The van der Waals surface area contributed by atoms with Crippen LogP contribution in [0.5, 0.6) is 11.5 Å². The number of Topliss-reactive ketones (excluding diaryl/α,β-unsaturated/α-hetero) is 2. The molecule has 1 saturated carbocycles. The van der Waals surface area contributed by atoms with E-state index in [9.17, 15) is 9.59 Å². The van der Waals surface area contributed by atoms with Gasteiger partial charge in [-0.3, -0.25) is 9.59 Å². The van der Waals surface area contributed by atoms with Gasteiger partial charge in [0.1, 0.15) is 11.5 Å². The Hall–Kier alpha value is -2.62. The molecule has 0 N–H and O–H groups in total. The Morgan fingerprint density at radius 1 is 0.636 bits per heavy atom. The molecule has 0 amide bonds. The summed E-state index contributed by atoms with van der Waals surface area (Å²) in [7, 11) is 0. The van der Waals surface area contributed by atoms with Crippen LogP contribution in [0, 0.1) is 0 Å². The molecular weight excluding hydrogens is 280 g/mol. The molecule has 108 valence electrons. The van der Waals surface area contributed by atoms with Crippen LogP contribution in [0.4, 0.5) is 0 Å². The van der Waals surface area contributed by atoms with Gasteiger partial charge in [-0.15, -0.1) is 0 Å². The van der Waals surface area contributed by atoms with Crippen molar-refractivity contribution < 1.29 is 19.1 Å². The summed E-state index contributed by atoms with van der Waals surface area (Å²) >= 11 is 0. The summed E-state index contributed by atoms with van der Waals surface area (Å²) in [6.07, 6.45) is -1.50. The molecule has 2 aromatic carbocycles. The predicted molar refractivity (Wildman–Crippen MR) is 77.2 cm³/mol. The zero-order valence-electron chi connectivity index (χ0n) is 11.6. The van der Waals surface area contributed by atoms with Crippen LogP contribution in [0.3, 0.4) is 0 Å². The third kappa shape index (κ3) is 1.32. The van der Waals surface area contributed by atoms with Crippen molar-refractivity contribution in [3.8, 4) is 11.5 Å². The summed E-state index contributed by atoms with van der Waals surface area (Å²) in [4.78, 5) is 25.8. The highest BCUT2D eigenvalue weighted by atomic mass is 16.5. The van der Waals surface area contributed by atoms with Crippen LogP contribution in [0.1, 0.15) is 23.0 Å². The highest BCUT2D eigenvalue weighted by Crippen LogP contribution is 2.50. The van der Waals surface area contributed by atoms with Gasteiger partial charge in [-0.25, -0.2) is 0 Å². The van der Waals surface area contributed by atoms with E-state index in [0.717, 1.165) is 11.1 Å². The van der Waals surface area contributed by atoms with Crippen LogP contribution >= 0.6 is 0 Å². The van der Waals surface area contributed by atoms with Gasteiger partial charge in [-0.2, -0.15) is 0 Å². The lowest BCUT2D eigenvalue weighted by Gasteiger charge is -2.30. The second-order valence-corrected chi connectivity index (χ2v) is 5.91. The first kappa shape index (κ1) is 12.0. The normalized spacial score (nSPS) is 30.7. The SMILES string of the molecule is O=C1C2Oc3ccccc3C2C(=O)C2c3ccccc3OC12. The monoisotopic (exact) mass is 292 g/mol. The van der Waals surface area contributed by atoms with Crippen molar-refractivity contribution in [3.05, 3.63) is 59.7 Å². The second kappa shape index (κ2) is 3.97. The number of ether oxygens (including phenoxy) is 2. The highest BCUT2D eigenvalue weighted by molar-refractivity contribution is 6.10. The van der Waals surface area contributed by atoms with Crippen molar-refractivity contribution in [2.24, 2.45) is 0 Å². The molecule has 0 radical (unpaired) electrons. The molecule has 4 heteroatoms. The van der Waals surface area contributed by atoms with E-state index in [2.05, 4.69) is 0 Å². The summed E-state index contributed by atoms with van der Waals surface area (Å²) in [5.41, 5.74) is 1.63. The van der Waals surface area contributed by atoms with Crippen molar-refractivity contribution in [2.45, 2.75) is 24.0 Å². The Kier molecular flexibility index (Phi) is 2.16. The first-order valence-electron chi connectivity index (χ1n) is 7.34. The molecule has 1 fully saturated rings. The number of ketones is 2. The second-order valence-electron chi connectivity index (χ2n) is 5.91. The number of fused-ring (bicyclic) bond motifs is 6. The van der Waals surface area contributed by atoms with Crippen molar-refractivity contribution >= 4 is 11.6 Å². The predicted octanol–water partition coefficient (Wildman–Crippen LogP) is 2.23. The molecule has 22 heavy (non-hydrogen) atoms. The van der Waals surface area contributed by atoms with Crippen LogP contribution in [0.15, 0.2) is 48.5 Å². The molecule has 3 aliphatic rings. The molecule has 5 rings (SSSR count). The van der Waals surface area contributed by atoms with Crippen LogP contribution < -0.4 is 9.47 Å². The molecule has 0 spiro atoms. The fourth-order valence-corrected chi connectivity index (χ4v) is 3.83. The standard InChI is InChI=1S/C18H12O4/c19-15-13-9-5-1-3-7-11(9)21-17(13)16(20)18-14(15)10-6-2-4-8-12(10)22-18/h1-8,13-14,17-18H. The number of carbonyl (C=O) groups is 2. The number of para-hydroxylation sites is 2. The van der Waals surface area contributed by atoms with Crippen LogP contribution in [0.2, 0.25) is 0 Å². The third-order valence-corrected chi connectivity index (χ3v) is 4.80. The molecule has 0 bridgehead atoms. The van der Waals surface area contributed by atoms with Crippen LogP contribution in [-0.2, 0) is 9.59 Å². The van der Waals surface area contributed by atoms with E-state index in [1.165, 1.54) is 0 Å². The summed E-state index contributed by atoms with van der Waals surface area (Å²) in [6.45, 7) is 0. The van der Waals surface area contributed by atoms with Gasteiger partial charge < -0.3 is 9.47 Å². The average molecular weight is 292 g/mol. The molecular formula is C18H12O4. The maximum absolute atomic E-state index is 13.0. The largest absolute Gasteiger partial charge is 0.481 e. The fourth-order valence-electron chi connectivity index (χ4n) is 3.83. The van der Waals surface area contributed by atoms with E-state index in [0.29, 0.717) is 11.5 Å². The van der Waals surface area contributed by atoms with Gasteiger partial charge in [0.25, 0.3) is 0 Å². The van der Waals surface area contributed by atoms with Crippen molar-refractivity contribution in [1.29, 1.82) is 0 Å². The van der Waals surface area contributed by atoms with E-state index in [-0.39, 0.29) is 11.6 Å². The van der Waals surface area contributed by atoms with E-state index in [4.69, 9.17) is 9.47 Å². The minimum atomic E-state index is -0.750. The Balaban J connectivity index is 1.67. The molecule has 0 aromatic heterocycles. The summed E-state index contributed by atoms with van der Waals surface area (Å²) in [5, 5.41) is 0. The molecule has 2 heterocycles. The lowest BCUT2D eigenvalue weighted by molar-refractivity contribution is -0.144. The van der Waals surface area contributed by atoms with E-state index >= 15 is 0 Å². The van der Waals surface area contributed by atoms with Gasteiger partial charge in [-0.1, -0.05) is 36.4 Å². The smallest absolute Gasteiger partial charge is 0.215 e. The van der Waals surface area contributed by atoms with Crippen molar-refractivity contribution in [1.82, 2.24) is 0 Å². The van der Waals surface area contributed by atoms with Gasteiger partial charge in [-0.05, 0) is 12.1 Å². The summed E-state index contributed by atoms with van der Waals surface area (Å²) < 4.78 is 11.5. The summed E-state index contributed by atoms with van der Waals surface area (Å²) in [6, 6.07) is 14.8. The topological polar surface area (TPSA) is 52.6 Å². The van der Waals surface area contributed by atoms with E-state index in [1.807, 2.05) is 36.4 Å². The average Bonchev–Trinajstić information content (AvgIpc) is 3.12. The zero-order chi connectivity index (χ0) is 14.8. The molecule has 4 unspecified atom stereocenters. The number of rotatable bonds is 0. The van der Waals surface area contributed by atoms with E-state index < -0.39 is 24.0 Å². The summed E-state index contributed by atoms with van der Waals surface area (Å²) in [5.74, 6) is 0.117. The number of hydrogen-bond acceptors (Lipinski definition) is 4. The van der Waals surface area contributed by atoms with Crippen LogP contribution in [-0.4, -0.2) is 23.8 Å². The lowest BCUT2D eigenvalue weighted by Crippen LogP contribution is -2.51. The van der Waals surface area contributed by atoms with Crippen molar-refractivity contribution in [2.75, 3.05) is 0 Å². The maximum atomic E-state index is 13.0. The first-order valence-corrected chi connectivity index (χ1v) is 7.34. The molecule has 4 atom stereocenters. The van der Waals surface area contributed by atoms with Crippen LogP contribution in [0.25, 0.3) is 0 Å². The Morgan fingerprint density at radius 2 is 1.09 bits per heavy atom. The lowest BCUT2D eigenvalue weighted by atomic mass is 9.72. The Morgan fingerprint density at radius 3 is 1.59 bits per heavy atom. The molecule has 0 saturated heterocycles. The van der Waals surface area contributed by atoms with Gasteiger partial charge in [0.05, 0.1) is 11.8 Å². The number of benzene rings is 2. The highest BCUT2D eigenvalue weighted by Gasteiger charge is 2.59. The molecule has 2 aliphatic heterocycles. The van der Waals surface area contributed by atoms with E-state index in [1.54, 1.807) is 12.1 Å². The molecule has 4 nitrogen and oxygen atoms in total. The molecule has 2 aromatic rings. The Labute approximate surface area is 126 Å². The minimum Gasteiger partial charge on any atom is -0.481 e. The van der Waals surface area contributed by atoms with Gasteiger partial charge in [0.2, 0.25) is 5.78 Å². The van der Waals surface area contributed by atoms with Gasteiger partial charge in [0.15, 0.2) is 18.0 Å². The fraction of sp³-hybridized carbons (Fsp3) is 0.222. The van der Waals surface area contributed by atoms with Gasteiger partial charge in [0, 0.05) is 11.1 Å². The van der Waals surface area contributed by atoms with Crippen molar-refractivity contribution in [3.63, 3.8) is 0 Å². The number of carbonyl (C=O) groups excluding carboxylic acids is 2. The maximum Gasteiger partial charge on any atom is 0.215 e. The minimum absolute atomic E-state index is 0.0181. The molecule has 1 aliphatic carbocycles. The van der Waals surface area contributed by atoms with Gasteiger partial charge >= 0.3 is 0 Å². The number of hydrogen-bond donors (Lipinski definition) is 0. The third-order valence-electron chi connectivity index (χ3n) is 4.80. The Bertz CT molecular complexity index is 760. The zero-order valence-corrected chi connectivity index (χ0v) is 11.6. The first-order chi connectivity index (χ1) is 10.8.